The number of thiophene rings is 1. The monoisotopic (exact) mass is 468 g/mol. The molecule has 6 heteroatoms. The first-order valence-electron chi connectivity index (χ1n) is 12.0. The molecule has 1 aromatic carbocycles. The molecule has 33 heavy (non-hydrogen) atoms. The van der Waals surface area contributed by atoms with E-state index in [0.717, 1.165) is 30.4 Å². The van der Waals surface area contributed by atoms with E-state index in [-0.39, 0.29) is 29.4 Å². The Bertz CT molecular complexity index is 1040. The fraction of sp³-hybridized carbons (Fsp3) is 0.556. The Hall–Kier alpha value is -2.18. The fourth-order valence-electron chi connectivity index (χ4n) is 5.10. The molecule has 1 aliphatic heterocycles. The van der Waals surface area contributed by atoms with Gasteiger partial charge in [-0.15, -0.1) is 11.3 Å². The molecule has 1 fully saturated rings. The van der Waals surface area contributed by atoms with Crippen LogP contribution in [-0.2, 0) is 17.6 Å². The third-order valence-electron chi connectivity index (χ3n) is 6.92. The summed E-state index contributed by atoms with van der Waals surface area (Å²) in [5.41, 5.74) is 3.70. The van der Waals surface area contributed by atoms with E-state index < -0.39 is 0 Å². The molecular weight excluding hydrogens is 432 g/mol. The lowest BCUT2D eigenvalue weighted by Gasteiger charge is -2.36. The van der Waals surface area contributed by atoms with E-state index in [0.29, 0.717) is 35.1 Å². The molecule has 178 valence electrons. The van der Waals surface area contributed by atoms with Crippen molar-refractivity contribution in [3.05, 3.63) is 51.4 Å². The van der Waals surface area contributed by atoms with E-state index in [9.17, 15) is 9.59 Å². The number of carbonyl (C=O) groups is 2. The summed E-state index contributed by atoms with van der Waals surface area (Å²) in [6.07, 6.45) is 2.91. The number of hydrogen-bond donors (Lipinski definition) is 1. The normalized spacial score (nSPS) is 23.2. The number of morpholine rings is 1. The molecule has 1 saturated heterocycles. The molecule has 2 aliphatic rings. The number of aryl methyl sites for hydroxylation is 1. The minimum Gasteiger partial charge on any atom is -0.372 e. The van der Waals surface area contributed by atoms with Gasteiger partial charge in [-0.25, -0.2) is 0 Å². The summed E-state index contributed by atoms with van der Waals surface area (Å²) < 4.78 is 5.85. The number of benzene rings is 1. The fourth-order valence-corrected chi connectivity index (χ4v) is 6.42. The Morgan fingerprint density at radius 3 is 2.48 bits per heavy atom. The number of ether oxygens (including phenoxy) is 1. The summed E-state index contributed by atoms with van der Waals surface area (Å²) in [5.74, 6) is 0.418. The lowest BCUT2D eigenvalue weighted by molar-refractivity contribution is -0.0586. The number of fused-ring (bicyclic) bond motifs is 1. The van der Waals surface area contributed by atoms with Crippen LogP contribution in [0.2, 0.25) is 0 Å². The number of hydrogen-bond acceptors (Lipinski definition) is 4. The van der Waals surface area contributed by atoms with Gasteiger partial charge in [-0.3, -0.25) is 9.59 Å². The van der Waals surface area contributed by atoms with Crippen LogP contribution in [0.5, 0.6) is 0 Å². The number of anilines is 1. The molecular formula is C27H36N2O3S. The molecule has 0 saturated carbocycles. The van der Waals surface area contributed by atoms with Crippen molar-refractivity contribution in [2.45, 2.75) is 73.0 Å². The van der Waals surface area contributed by atoms with Gasteiger partial charge in [0.05, 0.1) is 17.8 Å². The van der Waals surface area contributed by atoms with Crippen LogP contribution in [-0.4, -0.2) is 42.0 Å². The summed E-state index contributed by atoms with van der Waals surface area (Å²) in [4.78, 5) is 30.1. The molecule has 2 heterocycles. The highest BCUT2D eigenvalue weighted by Crippen LogP contribution is 2.45. The van der Waals surface area contributed by atoms with E-state index in [1.165, 1.54) is 4.88 Å². The standard InChI is InChI=1S/C27H36N2O3S/c1-16-8-7-9-19(12-16)24(30)28-25-23(26(31)29-14-17(2)32-18(3)15-29)21-11-10-20(27(4,5)6)13-22(21)33-25/h7-9,12,17-18,20H,10-11,13-15H2,1-6H3,(H,28,30). The largest absolute Gasteiger partial charge is 0.372 e. The summed E-state index contributed by atoms with van der Waals surface area (Å²) in [6, 6.07) is 7.56. The SMILES string of the molecule is Cc1cccc(C(=O)Nc2sc3c(c2C(=O)N2CC(C)OC(C)C2)CCC(C(C)(C)C)C3)c1. The van der Waals surface area contributed by atoms with Crippen molar-refractivity contribution < 1.29 is 14.3 Å². The van der Waals surface area contributed by atoms with Crippen molar-refractivity contribution in [1.82, 2.24) is 4.90 Å². The zero-order valence-electron chi connectivity index (χ0n) is 20.7. The Kier molecular flexibility index (Phi) is 6.70. The predicted molar refractivity (Wildman–Crippen MR) is 134 cm³/mol. The number of rotatable bonds is 3. The summed E-state index contributed by atoms with van der Waals surface area (Å²) in [6.45, 7) is 14.0. The van der Waals surface area contributed by atoms with Crippen molar-refractivity contribution in [3.63, 3.8) is 0 Å². The van der Waals surface area contributed by atoms with Gasteiger partial charge in [0.2, 0.25) is 0 Å². The highest BCUT2D eigenvalue weighted by atomic mass is 32.1. The van der Waals surface area contributed by atoms with Crippen LogP contribution in [0.1, 0.15) is 77.8 Å². The average molecular weight is 469 g/mol. The second-order valence-corrected chi connectivity index (χ2v) is 11.9. The third kappa shape index (κ3) is 5.17. The molecule has 0 radical (unpaired) electrons. The minimum atomic E-state index is -0.164. The van der Waals surface area contributed by atoms with Crippen LogP contribution in [0, 0.1) is 18.3 Å². The lowest BCUT2D eigenvalue weighted by atomic mass is 9.72. The topological polar surface area (TPSA) is 58.6 Å². The van der Waals surface area contributed by atoms with Crippen LogP contribution >= 0.6 is 11.3 Å². The van der Waals surface area contributed by atoms with Crippen molar-refractivity contribution >= 4 is 28.2 Å². The number of carbonyl (C=O) groups excluding carboxylic acids is 2. The number of nitrogens with zero attached hydrogens (tertiary/aromatic N) is 1. The molecule has 4 rings (SSSR count). The molecule has 1 aromatic heterocycles. The van der Waals surface area contributed by atoms with E-state index in [1.807, 2.05) is 49.9 Å². The van der Waals surface area contributed by atoms with Gasteiger partial charge < -0.3 is 15.0 Å². The van der Waals surface area contributed by atoms with Crippen LogP contribution < -0.4 is 5.32 Å². The van der Waals surface area contributed by atoms with Crippen molar-refractivity contribution in [1.29, 1.82) is 0 Å². The molecule has 1 aliphatic carbocycles. The highest BCUT2D eigenvalue weighted by molar-refractivity contribution is 7.17. The Labute approximate surface area is 201 Å². The second-order valence-electron chi connectivity index (χ2n) is 10.8. The quantitative estimate of drug-likeness (QED) is 0.628. The molecule has 3 unspecified atom stereocenters. The summed E-state index contributed by atoms with van der Waals surface area (Å²) in [7, 11) is 0. The van der Waals surface area contributed by atoms with Gasteiger partial charge in [0, 0.05) is 23.5 Å². The zero-order valence-corrected chi connectivity index (χ0v) is 21.5. The van der Waals surface area contributed by atoms with Gasteiger partial charge in [0.15, 0.2) is 0 Å². The molecule has 3 atom stereocenters. The van der Waals surface area contributed by atoms with E-state index in [2.05, 4.69) is 26.1 Å². The third-order valence-corrected chi connectivity index (χ3v) is 8.09. The lowest BCUT2D eigenvalue weighted by Crippen LogP contribution is -2.48. The minimum absolute atomic E-state index is 0.00256. The van der Waals surface area contributed by atoms with Gasteiger partial charge in [0.1, 0.15) is 5.00 Å². The van der Waals surface area contributed by atoms with Gasteiger partial charge in [0.25, 0.3) is 11.8 Å². The summed E-state index contributed by atoms with van der Waals surface area (Å²) >= 11 is 1.59. The van der Waals surface area contributed by atoms with E-state index in [4.69, 9.17) is 4.74 Å². The van der Waals surface area contributed by atoms with Crippen molar-refractivity contribution in [2.75, 3.05) is 18.4 Å². The highest BCUT2D eigenvalue weighted by Gasteiger charge is 2.36. The Morgan fingerprint density at radius 1 is 1.15 bits per heavy atom. The van der Waals surface area contributed by atoms with Crippen molar-refractivity contribution in [3.8, 4) is 0 Å². The molecule has 0 spiro atoms. The number of nitrogens with one attached hydrogen (secondary N) is 1. The van der Waals surface area contributed by atoms with Gasteiger partial charge >= 0.3 is 0 Å². The van der Waals surface area contributed by atoms with Gasteiger partial charge in [-0.1, -0.05) is 38.5 Å². The number of amides is 2. The second kappa shape index (κ2) is 9.22. The van der Waals surface area contributed by atoms with Crippen LogP contribution in [0.3, 0.4) is 0 Å². The smallest absolute Gasteiger partial charge is 0.257 e. The Morgan fingerprint density at radius 2 is 1.85 bits per heavy atom. The van der Waals surface area contributed by atoms with Crippen LogP contribution in [0.4, 0.5) is 5.00 Å². The molecule has 1 N–H and O–H groups in total. The maximum atomic E-state index is 13.8. The maximum Gasteiger partial charge on any atom is 0.257 e. The first-order valence-corrected chi connectivity index (χ1v) is 12.8. The van der Waals surface area contributed by atoms with E-state index in [1.54, 1.807) is 11.3 Å². The zero-order chi connectivity index (χ0) is 23.9. The molecule has 0 bridgehead atoms. The Balaban J connectivity index is 1.70. The average Bonchev–Trinajstić information content (AvgIpc) is 3.08. The van der Waals surface area contributed by atoms with Crippen molar-refractivity contribution in [2.24, 2.45) is 11.3 Å². The first-order chi connectivity index (χ1) is 15.5. The van der Waals surface area contributed by atoms with Crippen LogP contribution in [0.25, 0.3) is 0 Å². The maximum absolute atomic E-state index is 13.8. The van der Waals surface area contributed by atoms with Crippen LogP contribution in [0.15, 0.2) is 24.3 Å². The predicted octanol–water partition coefficient (Wildman–Crippen LogP) is 5.71. The van der Waals surface area contributed by atoms with E-state index >= 15 is 0 Å². The van der Waals surface area contributed by atoms with Gasteiger partial charge in [-0.05, 0) is 69.1 Å². The molecule has 2 amide bonds. The molecule has 2 aromatic rings. The first kappa shape index (κ1) is 24.0. The molecule has 5 nitrogen and oxygen atoms in total. The van der Waals surface area contributed by atoms with Gasteiger partial charge in [-0.2, -0.15) is 0 Å². The summed E-state index contributed by atoms with van der Waals surface area (Å²) in [5, 5.41) is 3.80.